The van der Waals surface area contributed by atoms with E-state index in [0.717, 1.165) is 53.1 Å². The van der Waals surface area contributed by atoms with Crippen molar-refractivity contribution < 1.29 is 4.74 Å². The molecule has 0 unspecified atom stereocenters. The first-order valence-electron chi connectivity index (χ1n) is 10.4. The first-order chi connectivity index (χ1) is 13.4. The Hall–Kier alpha value is -1.79. The summed E-state index contributed by atoms with van der Waals surface area (Å²) >= 11 is 1.74. The SMILES string of the molecule is CCCCN(C)c1ncnc2c1sc1nc(CCC)c3c(c12)CC(C)(C)OC3. The second kappa shape index (κ2) is 7.56. The molecule has 0 bridgehead atoms. The fraction of sp³-hybridized carbons (Fsp3) is 0.591. The summed E-state index contributed by atoms with van der Waals surface area (Å²) in [6.07, 6.45) is 7.02. The summed E-state index contributed by atoms with van der Waals surface area (Å²) in [7, 11) is 2.13. The molecule has 1 aliphatic rings. The largest absolute Gasteiger partial charge is 0.370 e. The van der Waals surface area contributed by atoms with E-state index in [9.17, 15) is 0 Å². The highest BCUT2D eigenvalue weighted by Gasteiger charge is 2.31. The molecule has 1 aliphatic heterocycles. The molecule has 0 aromatic carbocycles. The molecule has 0 saturated heterocycles. The number of hydrogen-bond acceptors (Lipinski definition) is 6. The first kappa shape index (κ1) is 19.5. The van der Waals surface area contributed by atoms with Crippen LogP contribution in [0.5, 0.6) is 0 Å². The highest BCUT2D eigenvalue weighted by molar-refractivity contribution is 7.26. The van der Waals surface area contributed by atoms with Crippen LogP contribution in [0, 0.1) is 0 Å². The predicted octanol–water partition coefficient (Wildman–Crippen LogP) is 5.28. The van der Waals surface area contributed by atoms with E-state index in [0.29, 0.717) is 6.61 Å². The monoisotopic (exact) mass is 398 g/mol. The molecule has 0 saturated carbocycles. The first-order valence-corrected chi connectivity index (χ1v) is 11.2. The number of thiophene rings is 1. The number of nitrogens with zero attached hydrogens (tertiary/aromatic N) is 4. The quantitative estimate of drug-likeness (QED) is 0.565. The van der Waals surface area contributed by atoms with Gasteiger partial charge in [0.1, 0.15) is 17.0 Å². The normalized spacial score (nSPS) is 15.9. The van der Waals surface area contributed by atoms with Gasteiger partial charge < -0.3 is 9.64 Å². The number of rotatable bonds is 6. The average Bonchev–Trinajstić information content (AvgIpc) is 3.04. The number of ether oxygens (including phenoxy) is 1. The maximum Gasteiger partial charge on any atom is 0.149 e. The molecular formula is C22H30N4OS. The molecule has 0 radical (unpaired) electrons. The summed E-state index contributed by atoms with van der Waals surface area (Å²) in [5.74, 6) is 1.03. The Bertz CT molecular complexity index is 1010. The Morgan fingerprint density at radius 1 is 1.18 bits per heavy atom. The Balaban J connectivity index is 1.96. The van der Waals surface area contributed by atoms with Crippen molar-refractivity contribution in [2.24, 2.45) is 0 Å². The van der Waals surface area contributed by atoms with Crippen molar-refractivity contribution in [3.05, 3.63) is 23.1 Å². The van der Waals surface area contributed by atoms with Gasteiger partial charge in [-0.3, -0.25) is 0 Å². The third-order valence-electron chi connectivity index (χ3n) is 5.59. The van der Waals surface area contributed by atoms with Crippen LogP contribution in [0.15, 0.2) is 6.33 Å². The van der Waals surface area contributed by atoms with Gasteiger partial charge in [0.05, 0.1) is 22.4 Å². The van der Waals surface area contributed by atoms with Crippen LogP contribution in [0.4, 0.5) is 5.82 Å². The lowest BCUT2D eigenvalue weighted by Crippen LogP contribution is -2.32. The Kier molecular flexibility index (Phi) is 5.27. The van der Waals surface area contributed by atoms with Crippen LogP contribution >= 0.6 is 11.3 Å². The van der Waals surface area contributed by atoms with Crippen LogP contribution < -0.4 is 4.90 Å². The lowest BCUT2D eigenvalue weighted by molar-refractivity contribution is -0.0401. The van der Waals surface area contributed by atoms with Crippen molar-refractivity contribution in [3.8, 4) is 0 Å². The van der Waals surface area contributed by atoms with Crippen LogP contribution in [-0.2, 0) is 24.2 Å². The van der Waals surface area contributed by atoms with Crippen molar-refractivity contribution in [3.63, 3.8) is 0 Å². The zero-order valence-corrected chi connectivity index (χ0v) is 18.4. The summed E-state index contributed by atoms with van der Waals surface area (Å²) in [5.41, 5.74) is 4.76. The van der Waals surface area contributed by atoms with Gasteiger partial charge in [-0.05, 0) is 32.3 Å². The van der Waals surface area contributed by atoms with Crippen LogP contribution in [-0.4, -0.2) is 34.1 Å². The summed E-state index contributed by atoms with van der Waals surface area (Å²) < 4.78 is 7.30. The molecule has 3 aromatic rings. The van der Waals surface area contributed by atoms with E-state index in [-0.39, 0.29) is 5.60 Å². The number of fused-ring (bicyclic) bond motifs is 5. The summed E-state index contributed by atoms with van der Waals surface area (Å²) in [6, 6.07) is 0. The minimum Gasteiger partial charge on any atom is -0.370 e. The molecule has 0 aliphatic carbocycles. The highest BCUT2D eigenvalue weighted by atomic mass is 32.1. The van der Waals surface area contributed by atoms with Gasteiger partial charge in [-0.25, -0.2) is 15.0 Å². The third-order valence-corrected chi connectivity index (χ3v) is 6.66. The molecule has 28 heavy (non-hydrogen) atoms. The summed E-state index contributed by atoms with van der Waals surface area (Å²) in [5, 5.41) is 1.22. The third kappa shape index (κ3) is 3.37. The lowest BCUT2D eigenvalue weighted by atomic mass is 9.88. The molecular weight excluding hydrogens is 368 g/mol. The molecule has 6 heteroatoms. The van der Waals surface area contributed by atoms with Gasteiger partial charge in [0, 0.05) is 36.7 Å². The van der Waals surface area contributed by atoms with E-state index < -0.39 is 0 Å². The number of hydrogen-bond donors (Lipinski definition) is 0. The smallest absolute Gasteiger partial charge is 0.149 e. The number of aromatic nitrogens is 3. The number of pyridine rings is 1. The standard InChI is InChI=1S/C22H30N4OS/c1-6-8-10-26(5)20-19-18(23-13-24-20)17-14-11-22(3,4)27-12-15(14)16(9-7-2)25-21(17)28-19/h13H,6-12H2,1-5H3. The van der Waals surface area contributed by atoms with E-state index in [4.69, 9.17) is 14.7 Å². The van der Waals surface area contributed by atoms with Crippen LogP contribution in [0.1, 0.15) is 63.8 Å². The van der Waals surface area contributed by atoms with E-state index in [1.165, 1.54) is 28.6 Å². The van der Waals surface area contributed by atoms with Gasteiger partial charge >= 0.3 is 0 Å². The zero-order valence-electron chi connectivity index (χ0n) is 17.6. The van der Waals surface area contributed by atoms with Gasteiger partial charge in [0.25, 0.3) is 0 Å². The topological polar surface area (TPSA) is 51.1 Å². The van der Waals surface area contributed by atoms with Gasteiger partial charge in [0.15, 0.2) is 0 Å². The van der Waals surface area contributed by atoms with Gasteiger partial charge in [-0.15, -0.1) is 11.3 Å². The average molecular weight is 399 g/mol. The number of anilines is 1. The van der Waals surface area contributed by atoms with Crippen LogP contribution in [0.3, 0.4) is 0 Å². The van der Waals surface area contributed by atoms with E-state index >= 15 is 0 Å². The minimum absolute atomic E-state index is 0.160. The second-order valence-corrected chi connectivity index (χ2v) is 9.42. The fourth-order valence-corrected chi connectivity index (χ4v) is 5.30. The van der Waals surface area contributed by atoms with Crippen molar-refractivity contribution in [2.45, 2.75) is 72.0 Å². The molecule has 3 aromatic heterocycles. The maximum absolute atomic E-state index is 6.14. The Labute approximate surface area is 171 Å². The molecule has 0 fully saturated rings. The fourth-order valence-electron chi connectivity index (χ4n) is 4.08. The van der Waals surface area contributed by atoms with Crippen molar-refractivity contribution in [1.82, 2.24) is 15.0 Å². The van der Waals surface area contributed by atoms with Gasteiger partial charge in [-0.1, -0.05) is 26.7 Å². The summed E-state index contributed by atoms with van der Waals surface area (Å²) in [6.45, 7) is 10.4. The molecule has 0 amide bonds. The molecule has 150 valence electrons. The molecule has 4 heterocycles. The van der Waals surface area contributed by atoms with E-state index in [1.54, 1.807) is 17.7 Å². The van der Waals surface area contributed by atoms with Crippen molar-refractivity contribution in [1.29, 1.82) is 0 Å². The predicted molar refractivity (Wildman–Crippen MR) is 117 cm³/mol. The van der Waals surface area contributed by atoms with Crippen molar-refractivity contribution in [2.75, 3.05) is 18.5 Å². The molecule has 0 N–H and O–H groups in total. The maximum atomic E-state index is 6.14. The van der Waals surface area contributed by atoms with E-state index in [1.807, 2.05) is 0 Å². The van der Waals surface area contributed by atoms with Gasteiger partial charge in [0.2, 0.25) is 0 Å². The Morgan fingerprint density at radius 2 is 2.00 bits per heavy atom. The zero-order chi connectivity index (χ0) is 19.9. The van der Waals surface area contributed by atoms with Crippen LogP contribution in [0.25, 0.3) is 20.4 Å². The second-order valence-electron chi connectivity index (χ2n) is 8.42. The van der Waals surface area contributed by atoms with E-state index in [2.05, 4.69) is 44.6 Å². The highest BCUT2D eigenvalue weighted by Crippen LogP contribution is 2.42. The molecule has 0 atom stereocenters. The Morgan fingerprint density at radius 3 is 2.75 bits per heavy atom. The lowest BCUT2D eigenvalue weighted by Gasteiger charge is -2.33. The molecule has 0 spiro atoms. The number of aryl methyl sites for hydroxylation is 1. The van der Waals surface area contributed by atoms with Gasteiger partial charge in [-0.2, -0.15) is 0 Å². The molecule has 4 rings (SSSR count). The summed E-state index contributed by atoms with van der Waals surface area (Å²) in [4.78, 5) is 17.8. The molecule has 5 nitrogen and oxygen atoms in total. The number of unbranched alkanes of at least 4 members (excludes halogenated alkanes) is 1. The van der Waals surface area contributed by atoms with Crippen molar-refractivity contribution >= 4 is 37.6 Å². The van der Waals surface area contributed by atoms with Crippen LogP contribution in [0.2, 0.25) is 0 Å². The minimum atomic E-state index is -0.160.